The molecule has 1 N–H and O–H groups in total. The molecule has 0 aliphatic heterocycles. The molecule has 0 saturated carbocycles. The van der Waals surface area contributed by atoms with Crippen LogP contribution in [0.4, 0.5) is 0 Å². The second-order valence-electron chi connectivity index (χ2n) is 3.64. The molecular formula is C11H14ClIO4S. The zero-order valence-electron chi connectivity index (χ0n) is 9.93. The fourth-order valence-electron chi connectivity index (χ4n) is 1.34. The average molecular weight is 405 g/mol. The number of hydrogen-bond acceptors (Lipinski definition) is 4. The molecule has 0 aromatic heterocycles. The van der Waals surface area contributed by atoms with Crippen LogP contribution in [0.3, 0.4) is 0 Å². The molecule has 4 nitrogen and oxygen atoms in total. The van der Waals surface area contributed by atoms with Crippen LogP contribution in [0.25, 0.3) is 0 Å². The number of aliphatic hydroxyl groups excluding tert-OH is 1. The fraction of sp³-hybridized carbons (Fsp3) is 0.455. The first-order valence-electron chi connectivity index (χ1n) is 5.18. The highest BCUT2D eigenvalue weighted by Crippen LogP contribution is 2.43. The number of aliphatic hydroxyl groups is 1. The maximum Gasteiger partial charge on any atom is 0.225 e. The summed E-state index contributed by atoms with van der Waals surface area (Å²) >= 11 is 7.57. The molecular weight excluding hydrogens is 391 g/mol. The van der Waals surface area contributed by atoms with Gasteiger partial charge in [-0.05, 0) is 40.3 Å². The summed E-state index contributed by atoms with van der Waals surface area (Å²) in [5, 5.41) is 10.1. The Labute approximate surface area is 125 Å². The van der Waals surface area contributed by atoms with Gasteiger partial charge in [0.2, 0.25) is 2.21 Å². The summed E-state index contributed by atoms with van der Waals surface area (Å²) in [5.74, 6) is 0.491. The van der Waals surface area contributed by atoms with Gasteiger partial charge in [0.15, 0.2) is 9.84 Å². The van der Waals surface area contributed by atoms with E-state index < -0.39 is 18.2 Å². The van der Waals surface area contributed by atoms with Crippen LogP contribution in [0, 0.1) is 0 Å². The lowest BCUT2D eigenvalue weighted by Gasteiger charge is -2.26. The Morgan fingerprint density at radius 1 is 1.44 bits per heavy atom. The van der Waals surface area contributed by atoms with Gasteiger partial charge in [-0.25, -0.2) is 8.42 Å². The zero-order chi connectivity index (χ0) is 14.0. The number of methoxy groups -OCH3 is 1. The predicted octanol–water partition coefficient (Wildman–Crippen LogP) is 2.49. The Morgan fingerprint density at radius 3 is 2.33 bits per heavy atom. The maximum atomic E-state index is 11.8. The van der Waals surface area contributed by atoms with Crippen molar-refractivity contribution in [2.24, 2.45) is 0 Å². The molecule has 0 heterocycles. The van der Waals surface area contributed by atoms with Crippen LogP contribution in [-0.2, 0) is 9.84 Å². The Kier molecular flexibility index (Phi) is 5.28. The average Bonchev–Trinajstić information content (AvgIpc) is 2.37. The van der Waals surface area contributed by atoms with Gasteiger partial charge in [-0.1, -0.05) is 30.7 Å². The van der Waals surface area contributed by atoms with Crippen LogP contribution in [0.2, 0.25) is 0 Å². The molecule has 0 aliphatic rings. The molecule has 1 aromatic carbocycles. The standard InChI is InChI=1S/C11H14ClIO4S/c1-3-18(15,16)11(12,13)10(14)8-4-6-9(17-2)7-5-8/h4-7,10,14H,3H2,1-2H3/t10-,11-/m1/s1. The number of alkyl halides is 2. The van der Waals surface area contributed by atoms with Gasteiger partial charge in [0.1, 0.15) is 11.9 Å². The van der Waals surface area contributed by atoms with Crippen LogP contribution in [0.5, 0.6) is 5.75 Å². The third kappa shape index (κ3) is 3.09. The van der Waals surface area contributed by atoms with E-state index in [2.05, 4.69) is 0 Å². The molecule has 0 amide bonds. The quantitative estimate of drug-likeness (QED) is 0.605. The number of sulfone groups is 1. The molecule has 0 fully saturated rings. The second-order valence-corrected chi connectivity index (χ2v) is 9.98. The molecule has 1 rings (SSSR count). The van der Waals surface area contributed by atoms with Gasteiger partial charge in [0, 0.05) is 0 Å². The summed E-state index contributed by atoms with van der Waals surface area (Å²) in [7, 11) is -2.07. The van der Waals surface area contributed by atoms with E-state index in [4.69, 9.17) is 16.3 Å². The van der Waals surface area contributed by atoms with Crippen molar-refractivity contribution in [3.63, 3.8) is 0 Å². The van der Waals surface area contributed by atoms with Gasteiger partial charge < -0.3 is 9.84 Å². The molecule has 18 heavy (non-hydrogen) atoms. The lowest BCUT2D eigenvalue weighted by Crippen LogP contribution is -2.34. The summed E-state index contributed by atoms with van der Waals surface area (Å²) < 4.78 is 26.9. The van der Waals surface area contributed by atoms with E-state index in [1.807, 2.05) is 0 Å². The number of halogens is 2. The smallest absolute Gasteiger partial charge is 0.225 e. The zero-order valence-corrected chi connectivity index (χ0v) is 13.7. The van der Waals surface area contributed by atoms with Crippen molar-refractivity contribution in [2.45, 2.75) is 15.2 Å². The molecule has 0 aliphatic carbocycles. The van der Waals surface area contributed by atoms with Gasteiger partial charge in [-0.15, -0.1) is 0 Å². The SMILES string of the molecule is CCS(=O)(=O)[C@](Cl)(I)[C@H](O)c1ccc(OC)cc1. The van der Waals surface area contributed by atoms with Crippen molar-refractivity contribution in [2.75, 3.05) is 12.9 Å². The van der Waals surface area contributed by atoms with Crippen LogP contribution in [-0.4, -0.2) is 28.6 Å². The summed E-state index contributed by atoms with van der Waals surface area (Å²) in [6, 6.07) is 6.45. The van der Waals surface area contributed by atoms with E-state index in [0.717, 1.165) is 0 Å². The lowest BCUT2D eigenvalue weighted by atomic mass is 10.1. The van der Waals surface area contributed by atoms with Crippen molar-refractivity contribution in [1.82, 2.24) is 0 Å². The van der Waals surface area contributed by atoms with Crippen LogP contribution < -0.4 is 4.74 Å². The summed E-state index contributed by atoms with van der Waals surface area (Å²) in [6.45, 7) is 1.49. The largest absolute Gasteiger partial charge is 0.497 e. The predicted molar refractivity (Wildman–Crippen MR) is 80.0 cm³/mol. The van der Waals surface area contributed by atoms with E-state index in [-0.39, 0.29) is 5.75 Å². The third-order valence-corrected chi connectivity index (χ3v) is 7.87. The van der Waals surface area contributed by atoms with Crippen LogP contribution in [0.1, 0.15) is 18.6 Å². The fourth-order valence-corrected chi connectivity index (χ4v) is 3.95. The highest BCUT2D eigenvalue weighted by Gasteiger charge is 2.45. The second kappa shape index (κ2) is 5.94. The number of hydrogen-bond donors (Lipinski definition) is 1. The number of ether oxygens (including phenoxy) is 1. The Bertz CT molecular complexity index is 498. The molecule has 1 aromatic rings. The third-order valence-electron chi connectivity index (χ3n) is 2.54. The van der Waals surface area contributed by atoms with E-state index >= 15 is 0 Å². The van der Waals surface area contributed by atoms with E-state index in [1.165, 1.54) is 14.0 Å². The van der Waals surface area contributed by atoms with Crippen molar-refractivity contribution in [3.05, 3.63) is 29.8 Å². The monoisotopic (exact) mass is 404 g/mol. The van der Waals surface area contributed by atoms with Crippen molar-refractivity contribution in [3.8, 4) is 5.75 Å². The molecule has 2 atom stereocenters. The molecule has 0 unspecified atom stereocenters. The first kappa shape index (κ1) is 16.0. The summed E-state index contributed by atoms with van der Waals surface area (Å²) in [4.78, 5) is 0. The minimum Gasteiger partial charge on any atom is -0.497 e. The normalized spacial score (nSPS) is 16.9. The van der Waals surface area contributed by atoms with Crippen molar-refractivity contribution in [1.29, 1.82) is 0 Å². The maximum absolute atomic E-state index is 11.8. The van der Waals surface area contributed by atoms with E-state index in [1.54, 1.807) is 46.9 Å². The Balaban J connectivity index is 3.09. The van der Waals surface area contributed by atoms with Gasteiger partial charge in [-0.2, -0.15) is 0 Å². The topological polar surface area (TPSA) is 63.6 Å². The van der Waals surface area contributed by atoms with Crippen molar-refractivity contribution < 1.29 is 18.3 Å². The number of rotatable bonds is 5. The summed E-state index contributed by atoms with van der Waals surface area (Å²) in [5.41, 5.74) is 0.428. The van der Waals surface area contributed by atoms with Gasteiger partial charge >= 0.3 is 0 Å². The minimum absolute atomic E-state index is 0.132. The molecule has 0 spiro atoms. The number of benzene rings is 1. The van der Waals surface area contributed by atoms with Crippen LogP contribution in [0.15, 0.2) is 24.3 Å². The van der Waals surface area contributed by atoms with Crippen molar-refractivity contribution >= 4 is 44.0 Å². The van der Waals surface area contributed by atoms with Gasteiger partial charge in [0.25, 0.3) is 0 Å². The lowest BCUT2D eigenvalue weighted by molar-refractivity contribution is 0.187. The molecule has 0 radical (unpaired) electrons. The first-order valence-corrected chi connectivity index (χ1v) is 8.29. The Hall–Kier alpha value is -0.0500. The van der Waals surface area contributed by atoms with E-state index in [9.17, 15) is 13.5 Å². The minimum atomic E-state index is -3.59. The summed E-state index contributed by atoms with van der Waals surface area (Å²) in [6.07, 6.45) is -1.31. The molecule has 0 saturated heterocycles. The highest BCUT2D eigenvalue weighted by molar-refractivity contribution is 14.1. The first-order chi connectivity index (χ1) is 8.26. The Morgan fingerprint density at radius 2 is 1.94 bits per heavy atom. The molecule has 7 heteroatoms. The highest BCUT2D eigenvalue weighted by atomic mass is 127. The van der Waals surface area contributed by atoms with Crippen LogP contribution >= 0.6 is 34.2 Å². The van der Waals surface area contributed by atoms with Gasteiger partial charge in [0.05, 0.1) is 12.9 Å². The van der Waals surface area contributed by atoms with E-state index in [0.29, 0.717) is 11.3 Å². The molecule has 0 bridgehead atoms. The van der Waals surface area contributed by atoms with Gasteiger partial charge in [-0.3, -0.25) is 0 Å². The molecule has 102 valence electrons.